The lowest BCUT2D eigenvalue weighted by Crippen LogP contribution is -2.44. The van der Waals surface area contributed by atoms with Gasteiger partial charge in [-0.1, -0.05) is 13.0 Å². The average Bonchev–Trinajstić information content (AvgIpc) is 2.89. The van der Waals surface area contributed by atoms with Crippen LogP contribution in [0.2, 0.25) is 0 Å². The van der Waals surface area contributed by atoms with Crippen LogP contribution in [0.25, 0.3) is 0 Å². The summed E-state index contributed by atoms with van der Waals surface area (Å²) in [6.45, 7) is 2.48. The lowest BCUT2D eigenvalue weighted by molar-refractivity contribution is -0.129. The predicted octanol–water partition coefficient (Wildman–Crippen LogP) is 4.12. The van der Waals surface area contributed by atoms with Crippen LogP contribution in [0.15, 0.2) is 18.2 Å². The summed E-state index contributed by atoms with van der Waals surface area (Å²) >= 11 is 0. The van der Waals surface area contributed by atoms with Gasteiger partial charge < -0.3 is 9.84 Å². The molecule has 0 spiro atoms. The van der Waals surface area contributed by atoms with Gasteiger partial charge in [0, 0.05) is 18.4 Å². The molecule has 0 bridgehead atoms. The van der Waals surface area contributed by atoms with Gasteiger partial charge in [0.1, 0.15) is 11.5 Å². The topological polar surface area (TPSA) is 46.5 Å². The molecule has 3 nitrogen and oxygen atoms in total. The molecule has 0 aromatic heterocycles. The van der Waals surface area contributed by atoms with Gasteiger partial charge >= 0.3 is 0 Å². The number of hydrogen-bond donors (Lipinski definition) is 1. The van der Waals surface area contributed by atoms with Gasteiger partial charge in [-0.3, -0.25) is 4.79 Å². The Balaban J connectivity index is 1.66. The third kappa shape index (κ3) is 2.63. The maximum Gasteiger partial charge on any atom is 0.139 e. The Morgan fingerprint density at radius 1 is 1.32 bits per heavy atom. The van der Waals surface area contributed by atoms with Crippen molar-refractivity contribution in [3.8, 4) is 5.75 Å². The zero-order chi connectivity index (χ0) is 17.6. The van der Waals surface area contributed by atoms with E-state index in [1.807, 2.05) is 0 Å². The molecule has 0 amide bonds. The van der Waals surface area contributed by atoms with Crippen LogP contribution in [-0.4, -0.2) is 24.6 Å². The summed E-state index contributed by atoms with van der Waals surface area (Å²) in [7, 11) is 1.73. The lowest BCUT2D eigenvalue weighted by Gasteiger charge is -2.50. The maximum absolute atomic E-state index is 12.8. The molecule has 3 heteroatoms. The normalized spacial score (nSPS) is 36.5. The Hall–Kier alpha value is -1.35. The van der Waals surface area contributed by atoms with Crippen molar-refractivity contribution in [3.05, 3.63) is 29.3 Å². The van der Waals surface area contributed by atoms with E-state index in [4.69, 9.17) is 4.74 Å². The van der Waals surface area contributed by atoms with E-state index in [-0.39, 0.29) is 12.0 Å². The van der Waals surface area contributed by atoms with Crippen LogP contribution < -0.4 is 4.74 Å². The summed E-state index contributed by atoms with van der Waals surface area (Å²) < 4.78 is 5.41. The minimum atomic E-state index is -0.120. The molecule has 5 atom stereocenters. The van der Waals surface area contributed by atoms with Crippen molar-refractivity contribution in [3.63, 3.8) is 0 Å². The number of fused-ring (bicyclic) bond motifs is 5. The molecule has 0 aliphatic heterocycles. The molecule has 0 radical (unpaired) electrons. The molecule has 25 heavy (non-hydrogen) atoms. The molecule has 0 saturated heterocycles. The molecule has 1 aromatic rings. The van der Waals surface area contributed by atoms with E-state index in [9.17, 15) is 9.90 Å². The first kappa shape index (κ1) is 17.1. The third-order valence-electron chi connectivity index (χ3n) is 7.51. The predicted molar refractivity (Wildman–Crippen MR) is 97.8 cm³/mol. The van der Waals surface area contributed by atoms with E-state index in [2.05, 4.69) is 25.1 Å². The number of carbonyl (C=O) groups excluding carboxylic acids is 1. The second kappa shape index (κ2) is 6.42. The minimum Gasteiger partial charge on any atom is -0.497 e. The second-order valence-corrected chi connectivity index (χ2v) is 8.61. The first-order valence-corrected chi connectivity index (χ1v) is 9.89. The number of aryl methyl sites for hydroxylation is 1. The fourth-order valence-electron chi connectivity index (χ4n) is 6.36. The summed E-state index contributed by atoms with van der Waals surface area (Å²) in [6.07, 6.45) is 7.01. The summed E-state index contributed by atoms with van der Waals surface area (Å²) in [6, 6.07) is 6.58. The van der Waals surface area contributed by atoms with E-state index < -0.39 is 0 Å². The lowest BCUT2D eigenvalue weighted by atomic mass is 9.54. The quantitative estimate of drug-likeness (QED) is 0.895. The number of ketones is 1. The Bertz CT molecular complexity index is 667. The summed E-state index contributed by atoms with van der Waals surface area (Å²) in [5, 5.41) is 9.27. The fourth-order valence-corrected chi connectivity index (χ4v) is 6.36. The van der Waals surface area contributed by atoms with Gasteiger partial charge in [-0.05, 0) is 85.5 Å². The van der Waals surface area contributed by atoms with Crippen molar-refractivity contribution >= 4 is 5.78 Å². The molecule has 1 aromatic carbocycles. The number of carbonyl (C=O) groups is 1. The Morgan fingerprint density at radius 2 is 2.16 bits per heavy atom. The highest BCUT2D eigenvalue weighted by atomic mass is 16.5. The number of Topliss-reactive ketones (excluding diaryl/α,β-unsaturated/α-hetero) is 1. The van der Waals surface area contributed by atoms with Crippen LogP contribution in [-0.2, 0) is 11.2 Å². The molecule has 3 aliphatic carbocycles. The first-order valence-electron chi connectivity index (χ1n) is 9.89. The van der Waals surface area contributed by atoms with Crippen LogP contribution in [0.3, 0.4) is 0 Å². The number of aliphatic hydroxyl groups excluding tert-OH is 1. The Labute approximate surface area is 150 Å². The van der Waals surface area contributed by atoms with Crippen molar-refractivity contribution in [2.24, 2.45) is 23.2 Å². The van der Waals surface area contributed by atoms with E-state index in [0.717, 1.165) is 44.3 Å². The molecule has 4 rings (SSSR count). The highest BCUT2D eigenvalue weighted by Crippen LogP contribution is 2.62. The highest BCUT2D eigenvalue weighted by Gasteiger charge is 2.58. The van der Waals surface area contributed by atoms with Crippen molar-refractivity contribution in [2.45, 2.75) is 57.8 Å². The second-order valence-electron chi connectivity index (χ2n) is 8.61. The molecule has 1 unspecified atom stereocenters. The number of aliphatic hydroxyl groups is 1. The molecule has 3 aliphatic rings. The smallest absolute Gasteiger partial charge is 0.139 e. The van der Waals surface area contributed by atoms with Gasteiger partial charge in [0.05, 0.1) is 7.11 Å². The van der Waals surface area contributed by atoms with Crippen molar-refractivity contribution in [1.29, 1.82) is 0 Å². The largest absolute Gasteiger partial charge is 0.497 e. The summed E-state index contributed by atoms with van der Waals surface area (Å²) in [5.74, 6) is 3.62. The van der Waals surface area contributed by atoms with Crippen molar-refractivity contribution in [2.75, 3.05) is 13.7 Å². The zero-order valence-corrected chi connectivity index (χ0v) is 15.5. The van der Waals surface area contributed by atoms with E-state index >= 15 is 0 Å². The van der Waals surface area contributed by atoms with Gasteiger partial charge in [-0.2, -0.15) is 0 Å². The highest BCUT2D eigenvalue weighted by molar-refractivity contribution is 5.87. The van der Waals surface area contributed by atoms with Gasteiger partial charge in [0.25, 0.3) is 0 Å². The summed E-state index contributed by atoms with van der Waals surface area (Å²) in [5.41, 5.74) is 2.82. The van der Waals surface area contributed by atoms with Crippen LogP contribution >= 0.6 is 0 Å². The first-order chi connectivity index (χ1) is 12.1. The van der Waals surface area contributed by atoms with E-state index in [1.54, 1.807) is 7.11 Å². The number of rotatable bonds is 4. The van der Waals surface area contributed by atoms with Crippen molar-refractivity contribution < 1.29 is 14.6 Å². The minimum absolute atomic E-state index is 0.120. The van der Waals surface area contributed by atoms with Crippen LogP contribution in [0.4, 0.5) is 0 Å². The van der Waals surface area contributed by atoms with Gasteiger partial charge in [-0.15, -0.1) is 0 Å². The molecule has 2 fully saturated rings. The fraction of sp³-hybridized carbons (Fsp3) is 0.682. The molecule has 0 heterocycles. The number of hydrogen-bond acceptors (Lipinski definition) is 3. The monoisotopic (exact) mass is 342 g/mol. The van der Waals surface area contributed by atoms with Crippen molar-refractivity contribution in [1.82, 2.24) is 0 Å². The Morgan fingerprint density at radius 3 is 2.92 bits per heavy atom. The number of ether oxygens (including phenoxy) is 1. The molecular weight excluding hydrogens is 312 g/mol. The molecule has 1 N–H and O–H groups in total. The number of benzene rings is 1. The standard InChI is InChI=1S/C22H30O3/c1-22-10-9-18-17-8-6-16(25-2)12-14(17)5-7-19(18)21(22)15(4-3-11-23)13-20(22)24/h6,8,12,15,18-19,21,23H,3-5,7,9-11,13H2,1-2H3/t15?,18-,19-,21+,22-/m1/s1. The third-order valence-corrected chi connectivity index (χ3v) is 7.51. The Kier molecular flexibility index (Phi) is 4.39. The molecular formula is C22H30O3. The maximum atomic E-state index is 12.8. The van der Waals surface area contributed by atoms with Gasteiger partial charge in [-0.25, -0.2) is 0 Å². The van der Waals surface area contributed by atoms with Crippen LogP contribution in [0.1, 0.15) is 62.5 Å². The molecule has 2 saturated carbocycles. The van der Waals surface area contributed by atoms with E-state index in [1.165, 1.54) is 17.5 Å². The van der Waals surface area contributed by atoms with Gasteiger partial charge in [0.2, 0.25) is 0 Å². The van der Waals surface area contributed by atoms with Gasteiger partial charge in [0.15, 0.2) is 0 Å². The van der Waals surface area contributed by atoms with Crippen LogP contribution in [0.5, 0.6) is 5.75 Å². The number of methoxy groups -OCH3 is 1. The van der Waals surface area contributed by atoms with Crippen LogP contribution in [0, 0.1) is 23.2 Å². The average molecular weight is 342 g/mol. The zero-order valence-electron chi connectivity index (χ0n) is 15.5. The SMILES string of the molecule is COc1ccc2c(c1)CC[C@@H]1[C@@H]2CC[C@]2(C)C(=O)CC(CCCO)[C@@H]12. The molecule has 136 valence electrons. The summed E-state index contributed by atoms with van der Waals surface area (Å²) in [4.78, 5) is 12.8. The van der Waals surface area contributed by atoms with E-state index in [0.29, 0.717) is 29.5 Å².